The standard InChI is InChI=1S/C20H13ClF2N4O3/c21-10-2-1-3-12(6-10)25-19(28)14-9-24-27-17(8-16(20(29)30)26-18(14)27)13-5-4-11(22)7-15(13)23/h1-9,17,26H,(H,25,28)(H,29,30). The molecule has 1 atom stereocenters. The second-order valence-corrected chi connectivity index (χ2v) is 6.87. The molecule has 2 heterocycles. The van der Waals surface area contributed by atoms with Gasteiger partial charge in [-0.15, -0.1) is 0 Å². The number of amides is 1. The second-order valence-electron chi connectivity index (χ2n) is 6.44. The van der Waals surface area contributed by atoms with Crippen LogP contribution in [-0.4, -0.2) is 26.8 Å². The molecule has 3 N–H and O–H groups in total. The van der Waals surface area contributed by atoms with Crippen molar-refractivity contribution in [1.29, 1.82) is 0 Å². The van der Waals surface area contributed by atoms with Crippen LogP contribution >= 0.6 is 11.6 Å². The Labute approximate surface area is 173 Å². The third-order valence-electron chi connectivity index (χ3n) is 4.48. The lowest BCUT2D eigenvalue weighted by Gasteiger charge is -2.24. The molecule has 1 aliphatic rings. The maximum atomic E-state index is 14.4. The number of nitrogens with one attached hydrogen (secondary N) is 2. The van der Waals surface area contributed by atoms with E-state index in [2.05, 4.69) is 15.7 Å². The molecular formula is C20H13ClF2N4O3. The number of anilines is 2. The largest absolute Gasteiger partial charge is 0.477 e. The highest BCUT2D eigenvalue weighted by Crippen LogP contribution is 2.33. The van der Waals surface area contributed by atoms with Gasteiger partial charge in [-0.25, -0.2) is 18.3 Å². The number of carbonyl (C=O) groups excluding carboxylic acids is 1. The Bertz CT molecular complexity index is 1210. The highest BCUT2D eigenvalue weighted by atomic mass is 35.5. The molecular weight excluding hydrogens is 418 g/mol. The Kier molecular flexibility index (Phi) is 4.96. The molecule has 7 nitrogen and oxygen atoms in total. The number of rotatable bonds is 4. The zero-order valence-corrected chi connectivity index (χ0v) is 15.8. The molecule has 1 aliphatic heterocycles. The van der Waals surface area contributed by atoms with E-state index in [0.29, 0.717) is 16.8 Å². The molecule has 0 aliphatic carbocycles. The highest BCUT2D eigenvalue weighted by Gasteiger charge is 2.30. The van der Waals surface area contributed by atoms with Gasteiger partial charge in [0, 0.05) is 22.3 Å². The number of carboxylic acids is 1. The number of allylic oxidation sites excluding steroid dienone is 1. The monoisotopic (exact) mass is 430 g/mol. The van der Waals surface area contributed by atoms with E-state index in [1.807, 2.05) is 0 Å². The molecule has 1 amide bonds. The van der Waals surface area contributed by atoms with E-state index < -0.39 is 29.6 Å². The van der Waals surface area contributed by atoms with Gasteiger partial charge in [-0.2, -0.15) is 5.10 Å². The van der Waals surface area contributed by atoms with Crippen LogP contribution in [0, 0.1) is 11.6 Å². The van der Waals surface area contributed by atoms with Gasteiger partial charge in [0.25, 0.3) is 5.91 Å². The van der Waals surface area contributed by atoms with Gasteiger partial charge in [-0.3, -0.25) is 4.79 Å². The summed E-state index contributed by atoms with van der Waals surface area (Å²) in [6, 6.07) is 8.43. The third kappa shape index (κ3) is 3.62. The van der Waals surface area contributed by atoms with Gasteiger partial charge in [-0.05, 0) is 30.3 Å². The number of aliphatic carboxylic acids is 1. The van der Waals surface area contributed by atoms with Gasteiger partial charge in [0.05, 0.1) is 6.20 Å². The minimum Gasteiger partial charge on any atom is -0.477 e. The first-order valence-electron chi connectivity index (χ1n) is 8.65. The predicted octanol–water partition coefficient (Wildman–Crippen LogP) is 4.05. The summed E-state index contributed by atoms with van der Waals surface area (Å²) in [5.74, 6) is -3.46. The number of halogens is 3. The van der Waals surface area contributed by atoms with Gasteiger partial charge >= 0.3 is 5.97 Å². The normalized spacial score (nSPS) is 15.0. The maximum Gasteiger partial charge on any atom is 0.352 e. The Morgan fingerprint density at radius 1 is 1.20 bits per heavy atom. The number of carbonyl (C=O) groups is 2. The summed E-state index contributed by atoms with van der Waals surface area (Å²) in [4.78, 5) is 24.3. The SMILES string of the molecule is O=C(O)C1=CC(c2ccc(F)cc2F)n2ncc(C(=O)Nc3cccc(Cl)c3)c2N1. The van der Waals surface area contributed by atoms with Crippen molar-refractivity contribution in [2.24, 2.45) is 0 Å². The lowest BCUT2D eigenvalue weighted by molar-refractivity contribution is -0.132. The molecule has 152 valence electrons. The van der Waals surface area contributed by atoms with Crippen LogP contribution in [0.1, 0.15) is 22.0 Å². The Balaban J connectivity index is 1.75. The van der Waals surface area contributed by atoms with E-state index in [0.717, 1.165) is 6.07 Å². The topological polar surface area (TPSA) is 96.2 Å². The summed E-state index contributed by atoms with van der Waals surface area (Å²) in [6.07, 6.45) is 2.46. The first kappa shape index (κ1) is 19.6. The van der Waals surface area contributed by atoms with Crippen molar-refractivity contribution >= 4 is 35.0 Å². The lowest BCUT2D eigenvalue weighted by atomic mass is 10.0. The summed E-state index contributed by atoms with van der Waals surface area (Å²) in [5, 5.41) is 19.3. The number of aromatic nitrogens is 2. The molecule has 10 heteroatoms. The Hall–Kier alpha value is -3.72. The maximum absolute atomic E-state index is 14.4. The first-order chi connectivity index (χ1) is 14.3. The molecule has 0 radical (unpaired) electrons. The van der Waals surface area contributed by atoms with Gasteiger partial charge in [-0.1, -0.05) is 23.7 Å². The third-order valence-corrected chi connectivity index (χ3v) is 4.71. The number of benzene rings is 2. The number of hydrogen-bond acceptors (Lipinski definition) is 4. The molecule has 30 heavy (non-hydrogen) atoms. The van der Waals surface area contributed by atoms with Gasteiger partial charge in [0.1, 0.15) is 34.8 Å². The molecule has 4 rings (SSSR count). The van der Waals surface area contributed by atoms with E-state index in [1.165, 1.54) is 23.0 Å². The van der Waals surface area contributed by atoms with Crippen LogP contribution in [0.25, 0.3) is 0 Å². The van der Waals surface area contributed by atoms with Crippen molar-refractivity contribution in [3.63, 3.8) is 0 Å². The van der Waals surface area contributed by atoms with Crippen molar-refractivity contribution in [2.45, 2.75) is 6.04 Å². The Morgan fingerprint density at radius 3 is 2.70 bits per heavy atom. The minimum absolute atomic E-state index is 0.00259. The van der Waals surface area contributed by atoms with E-state index >= 15 is 0 Å². The summed E-state index contributed by atoms with van der Waals surface area (Å²) < 4.78 is 29.0. The van der Waals surface area contributed by atoms with Crippen LogP contribution in [0.15, 0.2) is 60.4 Å². The van der Waals surface area contributed by atoms with E-state index in [-0.39, 0.29) is 22.6 Å². The fourth-order valence-electron chi connectivity index (χ4n) is 3.11. The molecule has 0 saturated carbocycles. The van der Waals surface area contributed by atoms with E-state index in [1.54, 1.807) is 24.3 Å². The molecule has 1 aromatic heterocycles. The van der Waals surface area contributed by atoms with Crippen LogP contribution in [0.4, 0.5) is 20.3 Å². The second kappa shape index (κ2) is 7.60. The molecule has 2 aromatic carbocycles. The fraction of sp³-hybridized carbons (Fsp3) is 0.0500. The van der Waals surface area contributed by atoms with Crippen molar-refractivity contribution < 1.29 is 23.5 Å². The molecule has 1 unspecified atom stereocenters. The summed E-state index contributed by atoms with van der Waals surface area (Å²) in [5.41, 5.74) is 0.198. The highest BCUT2D eigenvalue weighted by molar-refractivity contribution is 6.31. The van der Waals surface area contributed by atoms with Crippen LogP contribution < -0.4 is 10.6 Å². The summed E-state index contributed by atoms with van der Waals surface area (Å²) >= 11 is 5.92. The summed E-state index contributed by atoms with van der Waals surface area (Å²) in [7, 11) is 0. The zero-order chi connectivity index (χ0) is 21.4. The van der Waals surface area contributed by atoms with Crippen molar-refractivity contribution in [1.82, 2.24) is 9.78 Å². The van der Waals surface area contributed by atoms with Gasteiger partial charge < -0.3 is 15.7 Å². The fourth-order valence-corrected chi connectivity index (χ4v) is 3.30. The average molecular weight is 431 g/mol. The lowest BCUT2D eigenvalue weighted by Crippen LogP contribution is -2.26. The van der Waals surface area contributed by atoms with Crippen molar-refractivity contribution in [3.8, 4) is 0 Å². The van der Waals surface area contributed by atoms with Crippen LogP contribution in [0.2, 0.25) is 5.02 Å². The minimum atomic E-state index is -1.31. The molecule has 0 bridgehead atoms. The van der Waals surface area contributed by atoms with Crippen molar-refractivity contribution in [2.75, 3.05) is 10.6 Å². The van der Waals surface area contributed by atoms with Crippen molar-refractivity contribution in [3.05, 3.63) is 88.2 Å². The van der Waals surface area contributed by atoms with Crippen LogP contribution in [-0.2, 0) is 4.79 Å². The quantitative estimate of drug-likeness (QED) is 0.580. The Morgan fingerprint density at radius 2 is 2.00 bits per heavy atom. The van der Waals surface area contributed by atoms with Crippen LogP contribution in [0.5, 0.6) is 0 Å². The van der Waals surface area contributed by atoms with Gasteiger partial charge in [0.2, 0.25) is 0 Å². The molecule has 0 fully saturated rings. The molecule has 0 spiro atoms. The average Bonchev–Trinajstić information content (AvgIpc) is 3.11. The number of carboxylic acid groups (broad SMARTS) is 1. The van der Waals surface area contributed by atoms with E-state index in [4.69, 9.17) is 11.6 Å². The summed E-state index contributed by atoms with van der Waals surface area (Å²) in [6.45, 7) is 0. The van der Waals surface area contributed by atoms with Crippen LogP contribution in [0.3, 0.4) is 0 Å². The molecule has 3 aromatic rings. The van der Waals surface area contributed by atoms with E-state index in [9.17, 15) is 23.5 Å². The smallest absolute Gasteiger partial charge is 0.352 e. The van der Waals surface area contributed by atoms with Gasteiger partial charge in [0.15, 0.2) is 0 Å². The zero-order valence-electron chi connectivity index (χ0n) is 15.1. The first-order valence-corrected chi connectivity index (χ1v) is 9.03. The number of nitrogens with zero attached hydrogens (tertiary/aromatic N) is 2. The number of hydrogen-bond donors (Lipinski definition) is 3. The number of fused-ring (bicyclic) bond motifs is 1. The predicted molar refractivity (Wildman–Crippen MR) is 105 cm³/mol. The molecule has 0 saturated heterocycles.